The van der Waals surface area contributed by atoms with E-state index >= 15 is 0 Å². The fourth-order valence-corrected chi connectivity index (χ4v) is 3.26. The molecule has 0 fully saturated rings. The van der Waals surface area contributed by atoms with Crippen LogP contribution in [0, 0.1) is 0 Å². The predicted molar refractivity (Wildman–Crippen MR) is 53.9 cm³/mol. The summed E-state index contributed by atoms with van der Waals surface area (Å²) in [4.78, 5) is 1.24. The first-order valence-electron chi connectivity index (χ1n) is 3.78. The van der Waals surface area contributed by atoms with Crippen LogP contribution in [-0.4, -0.2) is 14.2 Å². The summed E-state index contributed by atoms with van der Waals surface area (Å²) in [5.74, 6) is 1.03. The Morgan fingerprint density at radius 3 is 2.85 bits per heavy atom. The number of thioether (sulfide) groups is 1. The van der Waals surface area contributed by atoms with E-state index in [4.69, 9.17) is 10.7 Å². The standard InChI is InChI=1S/C8H7ClO2S2/c9-13(10,11)7-2-1-6-3-4-12-8(6)5-7/h1-2,5H,3-4H2. The molecule has 0 radical (unpaired) electrons. The lowest BCUT2D eigenvalue weighted by Crippen LogP contribution is -1.91. The van der Waals surface area contributed by atoms with Crippen molar-refractivity contribution in [1.29, 1.82) is 0 Å². The third-order valence-corrected chi connectivity index (χ3v) is 4.40. The second-order valence-electron chi connectivity index (χ2n) is 2.81. The summed E-state index contributed by atoms with van der Waals surface area (Å²) in [7, 11) is 1.66. The minimum Gasteiger partial charge on any atom is -0.207 e. The van der Waals surface area contributed by atoms with Gasteiger partial charge < -0.3 is 0 Å². The molecule has 0 unspecified atom stereocenters. The Kier molecular flexibility index (Phi) is 2.30. The maximum atomic E-state index is 11.0. The minimum absolute atomic E-state index is 0.197. The second kappa shape index (κ2) is 3.19. The molecule has 0 saturated carbocycles. The van der Waals surface area contributed by atoms with Crippen LogP contribution in [0.15, 0.2) is 28.0 Å². The van der Waals surface area contributed by atoms with Gasteiger partial charge in [0.15, 0.2) is 0 Å². The smallest absolute Gasteiger partial charge is 0.207 e. The van der Waals surface area contributed by atoms with E-state index < -0.39 is 9.05 Å². The molecule has 70 valence electrons. The maximum Gasteiger partial charge on any atom is 0.261 e. The SMILES string of the molecule is O=S(=O)(Cl)c1ccc2c(c1)SCC2. The van der Waals surface area contributed by atoms with Gasteiger partial charge in [-0.2, -0.15) is 0 Å². The zero-order valence-corrected chi connectivity index (χ0v) is 9.05. The Morgan fingerprint density at radius 1 is 1.38 bits per heavy atom. The first-order chi connectivity index (χ1) is 6.07. The molecule has 1 aliphatic heterocycles. The molecule has 1 aromatic rings. The molecule has 0 amide bonds. The predicted octanol–water partition coefficient (Wildman–Crippen LogP) is 2.26. The van der Waals surface area contributed by atoms with Gasteiger partial charge in [0.2, 0.25) is 0 Å². The first kappa shape index (κ1) is 9.37. The van der Waals surface area contributed by atoms with Gasteiger partial charge in [-0.15, -0.1) is 11.8 Å². The normalized spacial score (nSPS) is 15.8. The first-order valence-corrected chi connectivity index (χ1v) is 7.07. The van der Waals surface area contributed by atoms with E-state index in [9.17, 15) is 8.42 Å². The molecule has 0 bridgehead atoms. The van der Waals surface area contributed by atoms with Gasteiger partial charge in [0, 0.05) is 21.3 Å². The third-order valence-electron chi connectivity index (χ3n) is 1.95. The minimum atomic E-state index is -3.57. The highest BCUT2D eigenvalue weighted by Gasteiger charge is 2.16. The van der Waals surface area contributed by atoms with E-state index in [1.54, 1.807) is 23.9 Å². The van der Waals surface area contributed by atoms with E-state index in [-0.39, 0.29) is 4.90 Å². The van der Waals surface area contributed by atoms with Gasteiger partial charge in [0.05, 0.1) is 4.90 Å². The van der Waals surface area contributed by atoms with Gasteiger partial charge in [-0.1, -0.05) is 6.07 Å². The average Bonchev–Trinajstić information content (AvgIpc) is 2.47. The van der Waals surface area contributed by atoms with Crippen LogP contribution in [0.2, 0.25) is 0 Å². The highest BCUT2D eigenvalue weighted by Crippen LogP contribution is 2.33. The number of fused-ring (bicyclic) bond motifs is 1. The van der Waals surface area contributed by atoms with Crippen LogP contribution in [0.25, 0.3) is 0 Å². The summed E-state index contributed by atoms with van der Waals surface area (Å²) >= 11 is 1.68. The number of hydrogen-bond donors (Lipinski definition) is 0. The molecule has 0 saturated heterocycles. The molecular weight excluding hydrogens is 228 g/mol. The highest BCUT2D eigenvalue weighted by atomic mass is 35.7. The lowest BCUT2D eigenvalue weighted by atomic mass is 10.2. The van der Waals surface area contributed by atoms with Crippen molar-refractivity contribution in [1.82, 2.24) is 0 Å². The van der Waals surface area contributed by atoms with Crippen molar-refractivity contribution in [3.05, 3.63) is 23.8 Å². The molecule has 0 aliphatic carbocycles. The van der Waals surface area contributed by atoms with Crippen molar-refractivity contribution in [3.63, 3.8) is 0 Å². The summed E-state index contributed by atoms with van der Waals surface area (Å²) in [6.07, 6.45) is 1.02. The third kappa shape index (κ3) is 1.85. The summed E-state index contributed by atoms with van der Waals surface area (Å²) < 4.78 is 22.0. The van der Waals surface area contributed by atoms with Crippen molar-refractivity contribution in [2.45, 2.75) is 16.2 Å². The molecule has 5 heteroatoms. The summed E-state index contributed by atoms with van der Waals surface area (Å²) in [6.45, 7) is 0. The molecule has 0 aromatic heterocycles. The zero-order chi connectivity index (χ0) is 9.47. The Labute approximate surface area is 85.7 Å². The van der Waals surface area contributed by atoms with Gasteiger partial charge in [-0.3, -0.25) is 0 Å². The molecule has 13 heavy (non-hydrogen) atoms. The molecular formula is C8H7ClO2S2. The Bertz CT molecular complexity index is 439. The Balaban J connectivity index is 2.54. The fourth-order valence-electron chi connectivity index (χ4n) is 1.30. The van der Waals surface area contributed by atoms with Crippen molar-refractivity contribution < 1.29 is 8.42 Å². The zero-order valence-electron chi connectivity index (χ0n) is 6.66. The topological polar surface area (TPSA) is 34.1 Å². The maximum absolute atomic E-state index is 11.0. The molecule has 0 N–H and O–H groups in total. The summed E-state index contributed by atoms with van der Waals surface area (Å²) in [5.41, 5.74) is 1.22. The van der Waals surface area contributed by atoms with E-state index in [0.717, 1.165) is 17.1 Å². The number of rotatable bonds is 1. The lowest BCUT2D eigenvalue weighted by molar-refractivity contribution is 0.609. The Hall–Kier alpha value is -0.190. The van der Waals surface area contributed by atoms with Crippen LogP contribution in [0.5, 0.6) is 0 Å². The quantitative estimate of drug-likeness (QED) is 0.699. The summed E-state index contributed by atoms with van der Waals surface area (Å²) in [5, 5.41) is 0. The molecule has 1 heterocycles. The fraction of sp³-hybridized carbons (Fsp3) is 0.250. The van der Waals surface area contributed by atoms with Crippen molar-refractivity contribution in [3.8, 4) is 0 Å². The van der Waals surface area contributed by atoms with Gasteiger partial charge in [-0.25, -0.2) is 8.42 Å². The van der Waals surface area contributed by atoms with Crippen molar-refractivity contribution in [2.75, 3.05) is 5.75 Å². The second-order valence-corrected chi connectivity index (χ2v) is 6.51. The summed E-state index contributed by atoms with van der Waals surface area (Å²) in [6, 6.07) is 5.05. The van der Waals surface area contributed by atoms with Crippen LogP contribution < -0.4 is 0 Å². The van der Waals surface area contributed by atoms with Crippen molar-refractivity contribution >= 4 is 31.5 Å². The number of halogens is 1. The van der Waals surface area contributed by atoms with Crippen LogP contribution >= 0.6 is 22.4 Å². The molecule has 2 nitrogen and oxygen atoms in total. The molecule has 0 spiro atoms. The molecule has 1 aromatic carbocycles. The monoisotopic (exact) mass is 234 g/mol. The van der Waals surface area contributed by atoms with E-state index in [1.807, 2.05) is 6.07 Å². The van der Waals surface area contributed by atoms with Gasteiger partial charge in [0.1, 0.15) is 0 Å². The largest absolute Gasteiger partial charge is 0.261 e. The van der Waals surface area contributed by atoms with Crippen LogP contribution in [0.4, 0.5) is 0 Å². The highest BCUT2D eigenvalue weighted by molar-refractivity contribution is 8.13. The molecule has 0 atom stereocenters. The number of benzene rings is 1. The molecule has 1 aliphatic rings. The van der Waals surface area contributed by atoms with Gasteiger partial charge in [-0.05, 0) is 24.1 Å². The van der Waals surface area contributed by atoms with Crippen molar-refractivity contribution in [2.24, 2.45) is 0 Å². The molecule has 2 rings (SSSR count). The van der Waals surface area contributed by atoms with E-state index in [0.29, 0.717) is 0 Å². The van der Waals surface area contributed by atoms with Gasteiger partial charge >= 0.3 is 0 Å². The van der Waals surface area contributed by atoms with Crippen LogP contribution in [0.1, 0.15) is 5.56 Å². The van der Waals surface area contributed by atoms with Gasteiger partial charge in [0.25, 0.3) is 9.05 Å². The van der Waals surface area contributed by atoms with E-state index in [2.05, 4.69) is 0 Å². The average molecular weight is 235 g/mol. The van der Waals surface area contributed by atoms with Crippen LogP contribution in [0.3, 0.4) is 0 Å². The number of hydrogen-bond acceptors (Lipinski definition) is 3. The van der Waals surface area contributed by atoms with E-state index in [1.165, 1.54) is 5.56 Å². The lowest BCUT2D eigenvalue weighted by Gasteiger charge is -1.99. The van der Waals surface area contributed by atoms with Crippen LogP contribution in [-0.2, 0) is 15.5 Å². The number of aryl methyl sites for hydroxylation is 1. The Morgan fingerprint density at radius 2 is 2.15 bits per heavy atom.